The van der Waals surface area contributed by atoms with Gasteiger partial charge in [0.1, 0.15) is 16.2 Å². The van der Waals surface area contributed by atoms with Crippen LogP contribution in [0.3, 0.4) is 0 Å². The number of rotatable bonds is 0. The predicted molar refractivity (Wildman–Crippen MR) is 45.1 cm³/mol. The highest BCUT2D eigenvalue weighted by Crippen LogP contribution is 2.22. The van der Waals surface area contributed by atoms with Gasteiger partial charge >= 0.3 is 0 Å². The fraction of sp³-hybridized carbons (Fsp3) is 0.167. The second-order valence-electron chi connectivity index (χ2n) is 2.12. The van der Waals surface area contributed by atoms with E-state index in [9.17, 15) is 0 Å². The van der Waals surface area contributed by atoms with Crippen LogP contribution < -0.4 is 0 Å². The number of imidazole rings is 1. The largest absolute Gasteiger partial charge is 0.296 e. The average molecular weight is 170 g/mol. The highest BCUT2D eigenvalue weighted by atomic mass is 32.1. The van der Waals surface area contributed by atoms with Crippen molar-refractivity contribution in [3.8, 4) is 0 Å². The minimum absolute atomic E-state index is 0.818. The van der Waals surface area contributed by atoms with E-state index in [1.54, 1.807) is 17.7 Å². The number of aryl methyl sites for hydroxylation is 1. The Balaban J connectivity index is 2.90. The Morgan fingerprint density at radius 1 is 1.70 bits per heavy atom. The van der Waals surface area contributed by atoms with E-state index >= 15 is 0 Å². The summed E-state index contributed by atoms with van der Waals surface area (Å²) in [5.41, 5.74) is 0. The minimum atomic E-state index is 0.818. The molecule has 2 heterocycles. The van der Waals surface area contributed by atoms with Gasteiger partial charge in [0.25, 0.3) is 0 Å². The summed E-state index contributed by atoms with van der Waals surface area (Å²) in [5.74, 6) is 0. The van der Waals surface area contributed by atoms with Crippen LogP contribution in [0.1, 0.15) is 4.88 Å². The molecule has 0 fully saturated rings. The molecule has 0 bridgehead atoms. The van der Waals surface area contributed by atoms with Crippen LogP contribution in [0, 0.1) is 6.92 Å². The predicted octanol–water partition coefficient (Wildman–Crippen LogP) is 1.99. The van der Waals surface area contributed by atoms with E-state index in [1.807, 2.05) is 10.6 Å². The molecule has 0 radical (unpaired) electrons. The number of aromatic nitrogens is 2. The third-order valence-electron chi connectivity index (χ3n) is 1.31. The molecule has 0 atom stereocenters. The SMILES string of the molecule is Cc1cn2cnc(S)c2s1. The molecule has 2 rings (SSSR count). The minimum Gasteiger partial charge on any atom is -0.296 e. The molecule has 0 aromatic carbocycles. The molecule has 0 saturated carbocycles. The second kappa shape index (κ2) is 2.00. The van der Waals surface area contributed by atoms with Crippen LogP contribution in [0.5, 0.6) is 0 Å². The molecule has 0 N–H and O–H groups in total. The zero-order valence-electron chi connectivity index (χ0n) is 5.40. The van der Waals surface area contributed by atoms with E-state index in [0.717, 1.165) is 9.86 Å². The van der Waals surface area contributed by atoms with Crippen molar-refractivity contribution in [2.45, 2.75) is 11.9 Å². The van der Waals surface area contributed by atoms with Crippen LogP contribution in [0.2, 0.25) is 0 Å². The first-order valence-corrected chi connectivity index (χ1v) is 4.16. The lowest BCUT2D eigenvalue weighted by Gasteiger charge is -1.75. The first kappa shape index (κ1) is 6.24. The van der Waals surface area contributed by atoms with E-state index in [-0.39, 0.29) is 0 Å². The molecule has 2 aromatic heterocycles. The van der Waals surface area contributed by atoms with Crippen molar-refractivity contribution in [2.75, 3.05) is 0 Å². The number of thiazole rings is 1. The Morgan fingerprint density at radius 2 is 2.50 bits per heavy atom. The van der Waals surface area contributed by atoms with Gasteiger partial charge in [-0.25, -0.2) is 4.98 Å². The average Bonchev–Trinajstić information content (AvgIpc) is 2.35. The van der Waals surface area contributed by atoms with Crippen LogP contribution in [0.15, 0.2) is 17.6 Å². The summed E-state index contributed by atoms with van der Waals surface area (Å²) in [5, 5.41) is 0.818. The van der Waals surface area contributed by atoms with E-state index in [4.69, 9.17) is 0 Å². The van der Waals surface area contributed by atoms with Gasteiger partial charge < -0.3 is 0 Å². The third-order valence-corrected chi connectivity index (χ3v) is 2.81. The maximum Gasteiger partial charge on any atom is 0.133 e. The molecule has 0 saturated heterocycles. The number of hydrogen-bond acceptors (Lipinski definition) is 3. The Bertz CT molecular complexity index is 361. The molecule has 0 aliphatic heterocycles. The molecule has 0 aliphatic rings. The van der Waals surface area contributed by atoms with Crippen LogP contribution >= 0.6 is 24.0 Å². The van der Waals surface area contributed by atoms with Crippen molar-refractivity contribution in [3.05, 3.63) is 17.4 Å². The standard InChI is InChI=1S/C6H6N2S2/c1-4-2-8-3-7-5(9)6(8)10-4/h2-3,9H,1H3. The summed E-state index contributed by atoms with van der Waals surface area (Å²) in [6.07, 6.45) is 3.83. The summed E-state index contributed by atoms with van der Waals surface area (Å²) in [6, 6.07) is 0. The Hall–Kier alpha value is -0.480. The maximum absolute atomic E-state index is 4.19. The van der Waals surface area contributed by atoms with Crippen LogP contribution in [0.4, 0.5) is 0 Å². The lowest BCUT2D eigenvalue weighted by Crippen LogP contribution is -1.68. The Labute approximate surface area is 67.9 Å². The van der Waals surface area contributed by atoms with Crippen molar-refractivity contribution in [1.82, 2.24) is 9.38 Å². The molecule has 52 valence electrons. The third kappa shape index (κ3) is 0.759. The lowest BCUT2D eigenvalue weighted by molar-refractivity contribution is 1.15. The van der Waals surface area contributed by atoms with Gasteiger partial charge in [0.2, 0.25) is 0 Å². The molecule has 0 amide bonds. The molecule has 10 heavy (non-hydrogen) atoms. The van der Waals surface area contributed by atoms with Crippen molar-refractivity contribution in [2.24, 2.45) is 0 Å². The lowest BCUT2D eigenvalue weighted by atomic mass is 10.6. The van der Waals surface area contributed by atoms with E-state index in [0.29, 0.717) is 0 Å². The van der Waals surface area contributed by atoms with Crippen LogP contribution in [-0.2, 0) is 0 Å². The molecule has 2 nitrogen and oxygen atoms in total. The zero-order chi connectivity index (χ0) is 7.14. The summed E-state index contributed by atoms with van der Waals surface area (Å²) in [6.45, 7) is 2.07. The normalized spacial score (nSPS) is 11.0. The van der Waals surface area contributed by atoms with Gasteiger partial charge in [0.05, 0.1) is 0 Å². The van der Waals surface area contributed by atoms with Gasteiger partial charge in [-0.05, 0) is 6.92 Å². The van der Waals surface area contributed by atoms with Crippen molar-refractivity contribution in [3.63, 3.8) is 0 Å². The number of nitrogens with zero attached hydrogens (tertiary/aromatic N) is 2. The smallest absolute Gasteiger partial charge is 0.133 e. The molecule has 2 aromatic rings. The summed E-state index contributed by atoms with van der Waals surface area (Å²) in [7, 11) is 0. The van der Waals surface area contributed by atoms with Crippen molar-refractivity contribution >= 4 is 28.8 Å². The molecule has 0 unspecified atom stereocenters. The molecule has 4 heteroatoms. The Morgan fingerprint density at radius 3 is 3.20 bits per heavy atom. The number of hydrogen-bond donors (Lipinski definition) is 1. The topological polar surface area (TPSA) is 17.3 Å². The first-order valence-electron chi connectivity index (χ1n) is 2.89. The van der Waals surface area contributed by atoms with E-state index in [2.05, 4.69) is 24.5 Å². The van der Waals surface area contributed by atoms with Crippen LogP contribution in [-0.4, -0.2) is 9.38 Å². The van der Waals surface area contributed by atoms with Gasteiger partial charge in [-0.1, -0.05) is 0 Å². The van der Waals surface area contributed by atoms with Gasteiger partial charge in [-0.2, -0.15) is 0 Å². The maximum atomic E-state index is 4.19. The zero-order valence-corrected chi connectivity index (χ0v) is 7.12. The first-order chi connectivity index (χ1) is 4.77. The van der Waals surface area contributed by atoms with E-state index < -0.39 is 0 Å². The molecular formula is C6H6N2S2. The summed E-state index contributed by atoms with van der Waals surface area (Å²) >= 11 is 5.90. The van der Waals surface area contributed by atoms with Crippen LogP contribution in [0.25, 0.3) is 4.83 Å². The van der Waals surface area contributed by atoms with Gasteiger partial charge in [-0.3, -0.25) is 4.40 Å². The Kier molecular flexibility index (Phi) is 1.25. The monoisotopic (exact) mass is 170 g/mol. The summed E-state index contributed by atoms with van der Waals surface area (Å²) in [4.78, 5) is 6.45. The second-order valence-corrected chi connectivity index (χ2v) is 3.78. The molecule has 0 spiro atoms. The van der Waals surface area contributed by atoms with Crippen molar-refractivity contribution in [1.29, 1.82) is 0 Å². The highest BCUT2D eigenvalue weighted by Gasteiger charge is 2.01. The van der Waals surface area contributed by atoms with Gasteiger partial charge in [0.15, 0.2) is 0 Å². The highest BCUT2D eigenvalue weighted by molar-refractivity contribution is 7.80. The fourth-order valence-electron chi connectivity index (χ4n) is 0.905. The molecule has 0 aliphatic carbocycles. The quantitative estimate of drug-likeness (QED) is 0.598. The summed E-state index contributed by atoms with van der Waals surface area (Å²) < 4.78 is 1.99. The van der Waals surface area contributed by atoms with E-state index in [1.165, 1.54) is 4.88 Å². The van der Waals surface area contributed by atoms with Gasteiger partial charge in [-0.15, -0.1) is 24.0 Å². The van der Waals surface area contributed by atoms with Gasteiger partial charge in [0, 0.05) is 11.1 Å². The van der Waals surface area contributed by atoms with Crippen molar-refractivity contribution < 1.29 is 0 Å². The fourth-order valence-corrected chi connectivity index (χ4v) is 2.03. The molecular weight excluding hydrogens is 164 g/mol. The number of thiol groups is 1. The number of fused-ring (bicyclic) bond motifs is 1.